The van der Waals surface area contributed by atoms with Gasteiger partial charge in [0, 0.05) is 17.7 Å². The molecule has 0 fully saturated rings. The molecule has 6 nitrogen and oxygen atoms in total. The molecule has 1 aromatic heterocycles. The zero-order chi connectivity index (χ0) is 19.9. The zero-order valence-corrected chi connectivity index (χ0v) is 16.8. The van der Waals surface area contributed by atoms with E-state index in [1.54, 1.807) is 24.3 Å². The van der Waals surface area contributed by atoms with Crippen LogP contribution in [0.15, 0.2) is 42.5 Å². The molecule has 0 saturated carbocycles. The molecule has 0 aliphatic heterocycles. The second-order valence-corrected chi connectivity index (χ2v) is 7.30. The zero-order valence-electron chi connectivity index (χ0n) is 16.0. The van der Waals surface area contributed by atoms with Crippen molar-refractivity contribution in [1.29, 1.82) is 0 Å². The Hall–Kier alpha value is -2.93. The lowest BCUT2D eigenvalue weighted by molar-refractivity contribution is -0.116. The average Bonchev–Trinajstić information content (AvgIpc) is 3.08. The first-order valence-electron chi connectivity index (χ1n) is 9.33. The number of thiazole rings is 1. The molecule has 7 heteroatoms. The predicted molar refractivity (Wildman–Crippen MR) is 113 cm³/mol. The third-order valence-corrected chi connectivity index (χ3v) is 5.01. The van der Waals surface area contributed by atoms with Crippen molar-refractivity contribution in [3.05, 3.63) is 48.0 Å². The number of rotatable bonds is 8. The van der Waals surface area contributed by atoms with Gasteiger partial charge in [-0.1, -0.05) is 24.7 Å². The van der Waals surface area contributed by atoms with E-state index in [-0.39, 0.29) is 11.8 Å². The highest BCUT2D eigenvalue weighted by Crippen LogP contribution is 2.29. The summed E-state index contributed by atoms with van der Waals surface area (Å²) >= 11 is 1.40. The highest BCUT2D eigenvalue weighted by Gasteiger charge is 2.11. The molecule has 28 heavy (non-hydrogen) atoms. The van der Waals surface area contributed by atoms with Gasteiger partial charge in [-0.25, -0.2) is 4.98 Å². The van der Waals surface area contributed by atoms with Gasteiger partial charge in [0.25, 0.3) is 5.91 Å². The van der Waals surface area contributed by atoms with E-state index in [1.807, 2.05) is 32.0 Å². The molecule has 0 aliphatic carbocycles. The summed E-state index contributed by atoms with van der Waals surface area (Å²) in [6, 6.07) is 12.5. The fraction of sp³-hybridized carbons (Fsp3) is 0.286. The summed E-state index contributed by atoms with van der Waals surface area (Å²) in [6.07, 6.45) is 2.34. The van der Waals surface area contributed by atoms with Gasteiger partial charge < -0.3 is 10.1 Å². The van der Waals surface area contributed by atoms with Gasteiger partial charge in [0.1, 0.15) is 5.75 Å². The molecule has 3 rings (SSSR count). The molecule has 0 radical (unpaired) electrons. The van der Waals surface area contributed by atoms with Crippen LogP contribution in [0.2, 0.25) is 0 Å². The van der Waals surface area contributed by atoms with E-state index in [1.165, 1.54) is 11.3 Å². The summed E-state index contributed by atoms with van der Waals surface area (Å²) in [7, 11) is 0. The molecule has 0 spiro atoms. The molecule has 2 amide bonds. The number of nitrogens with zero attached hydrogens (tertiary/aromatic N) is 1. The Morgan fingerprint density at radius 1 is 1.07 bits per heavy atom. The number of carbonyl (C=O) groups excluding carboxylic acids is 2. The molecule has 2 aromatic carbocycles. The number of carbonyl (C=O) groups is 2. The van der Waals surface area contributed by atoms with E-state index in [0.29, 0.717) is 29.4 Å². The number of aromatic nitrogens is 1. The Labute approximate surface area is 167 Å². The minimum Gasteiger partial charge on any atom is -0.494 e. The Kier molecular flexibility index (Phi) is 6.60. The van der Waals surface area contributed by atoms with Crippen molar-refractivity contribution in [2.24, 2.45) is 0 Å². The fourth-order valence-electron chi connectivity index (χ4n) is 2.65. The van der Waals surface area contributed by atoms with Gasteiger partial charge in [-0.2, -0.15) is 0 Å². The van der Waals surface area contributed by atoms with Crippen molar-refractivity contribution < 1.29 is 14.3 Å². The van der Waals surface area contributed by atoms with Gasteiger partial charge in [0.15, 0.2) is 5.13 Å². The predicted octanol–water partition coefficient (Wildman–Crippen LogP) is 5.08. The largest absolute Gasteiger partial charge is 0.494 e. The molecular weight excluding hydrogens is 374 g/mol. The summed E-state index contributed by atoms with van der Waals surface area (Å²) in [5.41, 5.74) is 2.00. The lowest BCUT2D eigenvalue weighted by Crippen LogP contribution is -2.13. The van der Waals surface area contributed by atoms with Crippen molar-refractivity contribution in [2.75, 3.05) is 17.2 Å². The first-order chi connectivity index (χ1) is 13.6. The summed E-state index contributed by atoms with van der Waals surface area (Å²) in [5.74, 6) is 0.529. The Bertz CT molecular complexity index is 967. The van der Waals surface area contributed by atoms with Gasteiger partial charge in [0.05, 0.1) is 16.8 Å². The number of benzene rings is 2. The number of ether oxygens (including phenoxy) is 1. The molecule has 0 atom stereocenters. The van der Waals surface area contributed by atoms with Crippen LogP contribution in [0.1, 0.15) is 43.5 Å². The number of unbranched alkanes of at least 4 members (excludes halogenated alkanes) is 1. The van der Waals surface area contributed by atoms with E-state index < -0.39 is 0 Å². The van der Waals surface area contributed by atoms with Crippen molar-refractivity contribution >= 4 is 44.2 Å². The maximum Gasteiger partial charge on any atom is 0.257 e. The Morgan fingerprint density at radius 3 is 2.57 bits per heavy atom. The molecule has 146 valence electrons. The SMILES string of the molecule is CCCCC(=O)Nc1ccc(C(=O)Nc2nc3ccc(OCC)cc3s2)cc1. The highest BCUT2D eigenvalue weighted by molar-refractivity contribution is 7.22. The van der Waals surface area contributed by atoms with E-state index in [4.69, 9.17) is 4.74 Å². The highest BCUT2D eigenvalue weighted by atomic mass is 32.1. The fourth-order valence-corrected chi connectivity index (χ4v) is 3.54. The third-order valence-electron chi connectivity index (χ3n) is 4.08. The molecule has 0 bridgehead atoms. The number of hydrogen-bond donors (Lipinski definition) is 2. The number of hydrogen-bond acceptors (Lipinski definition) is 5. The van der Waals surface area contributed by atoms with Crippen LogP contribution in [0.5, 0.6) is 5.75 Å². The summed E-state index contributed by atoms with van der Waals surface area (Å²) in [5, 5.41) is 6.19. The van der Waals surface area contributed by atoms with E-state index in [0.717, 1.165) is 28.8 Å². The molecule has 0 saturated heterocycles. The summed E-state index contributed by atoms with van der Waals surface area (Å²) in [6.45, 7) is 4.58. The van der Waals surface area contributed by atoms with Crippen molar-refractivity contribution in [3.8, 4) is 5.75 Å². The first kappa shape index (κ1) is 19.8. The minimum absolute atomic E-state index is 0.0139. The summed E-state index contributed by atoms with van der Waals surface area (Å²) < 4.78 is 6.45. The van der Waals surface area contributed by atoms with Crippen LogP contribution in [-0.4, -0.2) is 23.4 Å². The van der Waals surface area contributed by atoms with Gasteiger partial charge in [0.2, 0.25) is 5.91 Å². The average molecular weight is 398 g/mol. The van der Waals surface area contributed by atoms with Crippen LogP contribution >= 0.6 is 11.3 Å². The maximum absolute atomic E-state index is 12.5. The van der Waals surface area contributed by atoms with Gasteiger partial charge >= 0.3 is 0 Å². The monoisotopic (exact) mass is 397 g/mol. The van der Waals surface area contributed by atoms with Crippen LogP contribution in [-0.2, 0) is 4.79 Å². The molecule has 2 N–H and O–H groups in total. The number of anilines is 2. The smallest absolute Gasteiger partial charge is 0.257 e. The van der Waals surface area contributed by atoms with Gasteiger partial charge in [-0.3, -0.25) is 14.9 Å². The van der Waals surface area contributed by atoms with Crippen molar-refractivity contribution in [2.45, 2.75) is 33.1 Å². The van der Waals surface area contributed by atoms with Crippen LogP contribution in [0.25, 0.3) is 10.2 Å². The molecule has 0 unspecified atom stereocenters. The number of nitrogens with one attached hydrogen (secondary N) is 2. The van der Waals surface area contributed by atoms with Gasteiger partial charge in [-0.15, -0.1) is 0 Å². The minimum atomic E-state index is -0.243. The Morgan fingerprint density at radius 2 is 1.86 bits per heavy atom. The van der Waals surface area contributed by atoms with Crippen LogP contribution in [0.3, 0.4) is 0 Å². The van der Waals surface area contributed by atoms with Crippen LogP contribution < -0.4 is 15.4 Å². The standard InChI is InChI=1S/C21H23N3O3S/c1-3-5-6-19(25)22-15-9-7-14(8-10-15)20(26)24-21-23-17-12-11-16(27-4-2)13-18(17)28-21/h7-13H,3-6H2,1-2H3,(H,22,25)(H,23,24,26). The lowest BCUT2D eigenvalue weighted by atomic mass is 10.2. The Balaban J connectivity index is 1.64. The van der Waals surface area contributed by atoms with E-state index in [9.17, 15) is 9.59 Å². The van der Waals surface area contributed by atoms with E-state index in [2.05, 4.69) is 15.6 Å². The molecular formula is C21H23N3O3S. The van der Waals surface area contributed by atoms with E-state index >= 15 is 0 Å². The first-order valence-corrected chi connectivity index (χ1v) is 10.2. The molecule has 3 aromatic rings. The number of fused-ring (bicyclic) bond motifs is 1. The molecule has 1 heterocycles. The maximum atomic E-state index is 12.5. The second kappa shape index (κ2) is 9.32. The van der Waals surface area contributed by atoms with Gasteiger partial charge in [-0.05, 0) is 55.8 Å². The summed E-state index contributed by atoms with van der Waals surface area (Å²) in [4.78, 5) is 28.7. The topological polar surface area (TPSA) is 80.3 Å². The quantitative estimate of drug-likeness (QED) is 0.556. The number of amides is 2. The van der Waals surface area contributed by atoms with Crippen LogP contribution in [0.4, 0.5) is 10.8 Å². The van der Waals surface area contributed by atoms with Crippen LogP contribution in [0, 0.1) is 0 Å². The normalized spacial score (nSPS) is 10.6. The van der Waals surface area contributed by atoms with Crippen molar-refractivity contribution in [1.82, 2.24) is 4.98 Å². The third kappa shape index (κ3) is 5.07. The lowest BCUT2D eigenvalue weighted by Gasteiger charge is -2.06. The molecule has 0 aliphatic rings. The van der Waals surface area contributed by atoms with Crippen molar-refractivity contribution in [3.63, 3.8) is 0 Å². The second-order valence-electron chi connectivity index (χ2n) is 6.26.